The molecule has 0 spiro atoms. The number of ether oxygens (including phenoxy) is 10. The topological polar surface area (TPSA) is 176 Å². The molecule has 72 heavy (non-hydrogen) atoms. The molecular formula is C55H57FO15S. The fourth-order valence-corrected chi connectivity index (χ4v) is 11.3. The maximum atomic E-state index is 14.8. The number of rotatable bonds is 9. The van der Waals surface area contributed by atoms with Gasteiger partial charge in [-0.05, 0) is 95.3 Å². The molecule has 0 amide bonds. The summed E-state index contributed by atoms with van der Waals surface area (Å²) in [6.07, 6.45) is -2.48. The van der Waals surface area contributed by atoms with Gasteiger partial charge in [0, 0.05) is 57.4 Å². The number of fused-ring (bicyclic) bond motifs is 12. The number of methoxy groups -OCH3 is 4. The highest BCUT2D eigenvalue weighted by atomic mass is 32.2. The smallest absolute Gasteiger partial charge is 0.297 e. The summed E-state index contributed by atoms with van der Waals surface area (Å²) in [5, 5.41) is 19.4. The molecule has 0 fully saturated rings. The van der Waals surface area contributed by atoms with E-state index in [4.69, 9.17) is 51.6 Å². The highest BCUT2D eigenvalue weighted by Gasteiger charge is 2.46. The van der Waals surface area contributed by atoms with Gasteiger partial charge in [-0.15, -0.1) is 0 Å². The summed E-state index contributed by atoms with van der Waals surface area (Å²) in [6, 6.07) is 21.2. The molecule has 6 aliphatic heterocycles. The van der Waals surface area contributed by atoms with Gasteiger partial charge in [-0.2, -0.15) is 8.42 Å². The van der Waals surface area contributed by atoms with Crippen molar-refractivity contribution in [2.24, 2.45) is 0 Å². The summed E-state index contributed by atoms with van der Waals surface area (Å²) in [6.45, 7) is 9.13. The van der Waals surface area contributed by atoms with Crippen LogP contribution in [0.15, 0.2) is 77.7 Å². The van der Waals surface area contributed by atoms with E-state index in [1.807, 2.05) is 57.2 Å². The first kappa shape index (κ1) is 48.9. The Balaban J connectivity index is 0.000000172. The second kappa shape index (κ2) is 18.4. The van der Waals surface area contributed by atoms with Crippen LogP contribution < -0.4 is 37.9 Å². The van der Waals surface area contributed by atoms with Gasteiger partial charge in [0.25, 0.3) is 10.1 Å². The summed E-state index contributed by atoms with van der Waals surface area (Å²) in [7, 11) is 2.26. The van der Waals surface area contributed by atoms with Gasteiger partial charge >= 0.3 is 0 Å². The predicted molar refractivity (Wildman–Crippen MR) is 263 cm³/mol. The van der Waals surface area contributed by atoms with Crippen molar-refractivity contribution in [2.45, 2.75) is 101 Å². The van der Waals surface area contributed by atoms with E-state index in [-0.39, 0.29) is 44.2 Å². The van der Waals surface area contributed by atoms with Gasteiger partial charge in [-0.25, -0.2) is 4.39 Å². The van der Waals surface area contributed by atoms with E-state index in [9.17, 15) is 23.0 Å². The molecule has 6 aliphatic rings. The number of hydrogen-bond donors (Lipinski definition) is 2. The molecule has 0 aromatic heterocycles. The minimum Gasteiger partial charge on any atom is -0.496 e. The number of benzene rings is 5. The fraction of sp³-hybridized carbons (Fsp3) is 0.382. The number of aliphatic hydroxyl groups excluding tert-OH is 2. The largest absolute Gasteiger partial charge is 0.496 e. The van der Waals surface area contributed by atoms with Crippen LogP contribution in [0.25, 0.3) is 22.7 Å². The maximum absolute atomic E-state index is 14.8. The van der Waals surface area contributed by atoms with Crippen LogP contribution in [-0.4, -0.2) is 96.0 Å². The van der Waals surface area contributed by atoms with E-state index < -0.39 is 45.8 Å². The number of aliphatic hydroxyl groups is 2. The molecule has 5 aromatic carbocycles. The molecule has 17 heteroatoms. The summed E-state index contributed by atoms with van der Waals surface area (Å²) >= 11 is 0. The normalized spacial score (nSPS) is 21.3. The monoisotopic (exact) mass is 1010 g/mol. The fourth-order valence-electron chi connectivity index (χ4n) is 10.1. The number of hydrogen-bond acceptors (Lipinski definition) is 15. The molecule has 4 atom stereocenters. The quantitative estimate of drug-likeness (QED) is 0.134. The average Bonchev–Trinajstić information content (AvgIpc) is 3.36. The van der Waals surface area contributed by atoms with Gasteiger partial charge in [-0.3, -0.25) is 4.18 Å². The molecule has 0 radical (unpaired) electrons. The zero-order chi connectivity index (χ0) is 51.0. The zero-order valence-electron chi connectivity index (χ0n) is 41.5. The molecule has 380 valence electrons. The Hall–Kier alpha value is -6.66. The lowest BCUT2D eigenvalue weighted by Gasteiger charge is -2.41. The van der Waals surface area contributed by atoms with Gasteiger partial charge in [0.2, 0.25) is 0 Å². The van der Waals surface area contributed by atoms with Crippen molar-refractivity contribution in [1.82, 2.24) is 0 Å². The highest BCUT2D eigenvalue weighted by Crippen LogP contribution is 2.54. The minimum absolute atomic E-state index is 0.0862. The Kier molecular flexibility index (Phi) is 12.5. The highest BCUT2D eigenvalue weighted by molar-refractivity contribution is 7.86. The molecule has 0 aliphatic carbocycles. The van der Waals surface area contributed by atoms with E-state index in [2.05, 4.69) is 0 Å². The van der Waals surface area contributed by atoms with E-state index in [0.29, 0.717) is 85.3 Å². The van der Waals surface area contributed by atoms with Crippen LogP contribution >= 0.6 is 0 Å². The molecule has 0 saturated carbocycles. The van der Waals surface area contributed by atoms with Crippen molar-refractivity contribution in [3.63, 3.8) is 0 Å². The number of halogens is 1. The van der Waals surface area contributed by atoms with Crippen LogP contribution in [0, 0.1) is 6.92 Å². The second-order valence-electron chi connectivity index (χ2n) is 19.3. The van der Waals surface area contributed by atoms with Crippen LogP contribution in [0.5, 0.6) is 46.0 Å². The minimum atomic E-state index is -4.06. The van der Waals surface area contributed by atoms with Crippen molar-refractivity contribution in [1.29, 1.82) is 0 Å². The third kappa shape index (κ3) is 8.29. The van der Waals surface area contributed by atoms with E-state index in [1.54, 1.807) is 66.6 Å². The van der Waals surface area contributed by atoms with Crippen molar-refractivity contribution in [3.8, 4) is 46.0 Å². The van der Waals surface area contributed by atoms with Gasteiger partial charge in [-0.1, -0.05) is 17.7 Å². The second-order valence-corrected chi connectivity index (χ2v) is 20.9. The number of alkyl halides is 1. The van der Waals surface area contributed by atoms with Crippen LogP contribution in [0.4, 0.5) is 4.39 Å². The zero-order valence-corrected chi connectivity index (χ0v) is 42.3. The van der Waals surface area contributed by atoms with Crippen molar-refractivity contribution < 1.29 is 74.6 Å². The van der Waals surface area contributed by atoms with Gasteiger partial charge in [0.05, 0.1) is 57.7 Å². The molecule has 11 rings (SSSR count). The van der Waals surface area contributed by atoms with E-state index in [0.717, 1.165) is 33.4 Å². The van der Waals surface area contributed by atoms with Crippen molar-refractivity contribution in [2.75, 3.05) is 41.7 Å². The summed E-state index contributed by atoms with van der Waals surface area (Å²) in [4.78, 5) is 0.0862. The first-order valence-electron chi connectivity index (χ1n) is 23.6. The first-order valence-corrected chi connectivity index (χ1v) is 25.0. The molecule has 2 unspecified atom stereocenters. The Morgan fingerprint density at radius 2 is 1.08 bits per heavy atom. The molecular weight excluding hydrogens is 951 g/mol. The van der Waals surface area contributed by atoms with Crippen LogP contribution in [0.3, 0.4) is 0 Å². The lowest BCUT2D eigenvalue weighted by Crippen LogP contribution is -2.49. The average molecular weight is 1010 g/mol. The molecule has 0 saturated heterocycles. The Morgan fingerprint density at radius 3 is 1.54 bits per heavy atom. The third-order valence-electron chi connectivity index (χ3n) is 14.1. The van der Waals surface area contributed by atoms with E-state index in [1.165, 1.54) is 12.1 Å². The Labute approximate surface area is 417 Å². The molecule has 6 heterocycles. The first-order chi connectivity index (χ1) is 34.4. The van der Waals surface area contributed by atoms with Gasteiger partial charge in [0.15, 0.2) is 12.2 Å². The molecule has 2 N–H and O–H groups in total. The van der Waals surface area contributed by atoms with Crippen LogP contribution in [-0.2, 0) is 49.8 Å². The van der Waals surface area contributed by atoms with Gasteiger partial charge in [0.1, 0.15) is 94.2 Å². The van der Waals surface area contributed by atoms with Crippen LogP contribution in [0.2, 0.25) is 0 Å². The van der Waals surface area contributed by atoms with Gasteiger partial charge < -0.3 is 57.6 Å². The molecule has 5 aromatic rings. The Bertz CT molecular complexity index is 3160. The SMILES string of the molecule is COC1=C2c3cc(OC)c(CO)cc3OC[C@H]2Oc2c1ccc1c2CC(OS(=O)(=O)c2ccc(C)cc2)C(C)(C)O1.COC1=C2c3cc(OC)c(CO)cc3OC[C@H]2Oc2c1ccc1c2CC([18F])C(C)(C)O1. The summed E-state index contributed by atoms with van der Waals surface area (Å²) < 4.78 is 107. The third-order valence-corrected chi connectivity index (χ3v) is 15.4. The summed E-state index contributed by atoms with van der Waals surface area (Å²) in [5.74, 6) is 5.90. The van der Waals surface area contributed by atoms with Crippen LogP contribution in [0.1, 0.15) is 77.8 Å². The Morgan fingerprint density at radius 1 is 0.611 bits per heavy atom. The number of aryl methyl sites for hydroxylation is 1. The summed E-state index contributed by atoms with van der Waals surface area (Å²) in [5.41, 5.74) is 6.40. The lowest BCUT2D eigenvalue weighted by molar-refractivity contribution is -0.0248. The molecule has 0 bridgehead atoms. The standard InChI is InChI=1S/C31H32O9S.C24H25FO6/c1-17-6-8-19(9-7-17)41(33,34)40-27-14-22-23(39-31(27,2)3)11-10-20-29(22)38-26-16-37-25-12-18(15-32)24(35-4)13-21(25)28(26)30(20)36-5;1-24(2)20(25)9-15-16(31-24)6-5-13-22(15)30-19-11-29-18-7-12(10-26)17(27-3)8-14(18)21(19)23(13)28-4/h6-13,26-27,32H,14-16H2,1-5H3;5-8,19-20,26H,9-11H2,1-4H3/t26-,27?;19-,20?/m11/s1/i;25-1. The maximum Gasteiger partial charge on any atom is 0.297 e. The van der Waals surface area contributed by atoms with Crippen molar-refractivity contribution >= 4 is 32.8 Å². The van der Waals surface area contributed by atoms with Crippen molar-refractivity contribution in [3.05, 3.63) is 123 Å². The predicted octanol–water partition coefficient (Wildman–Crippen LogP) is 8.56. The lowest BCUT2D eigenvalue weighted by atomic mass is 9.86. The van der Waals surface area contributed by atoms with E-state index >= 15 is 0 Å². The molecule has 15 nitrogen and oxygen atoms in total.